The van der Waals surface area contributed by atoms with Gasteiger partial charge < -0.3 is 14.5 Å². The van der Waals surface area contributed by atoms with Gasteiger partial charge in [0.1, 0.15) is 22.1 Å². The highest BCUT2D eigenvalue weighted by Crippen LogP contribution is 2.36. The summed E-state index contributed by atoms with van der Waals surface area (Å²) in [6, 6.07) is 2.44. The molecule has 2 fully saturated rings. The number of hydrogen-bond acceptors (Lipinski definition) is 10. The number of ketones is 1. The number of anilines is 1. The van der Waals surface area contributed by atoms with Crippen molar-refractivity contribution in [2.45, 2.75) is 78.1 Å². The standard InChI is InChI=1S/C29H37ClN6O3S2/c1-18-7-6-8-34(18)16-24-27(23-11-20(30)17-40-23)33-26(41-24)12-22(37)21-13-32-25(14-31-21)35-9-10-36(19(2)15-35)28(38)39-29(3,4)5/h11,13-14,17-19H,6-10,12,15-16H2,1-5H3/t18-,19+/m1/s1. The largest absolute Gasteiger partial charge is 0.444 e. The van der Waals surface area contributed by atoms with Crippen molar-refractivity contribution in [2.24, 2.45) is 0 Å². The maximum Gasteiger partial charge on any atom is 0.410 e. The van der Waals surface area contributed by atoms with Crippen molar-refractivity contribution in [2.75, 3.05) is 31.1 Å². The Balaban J connectivity index is 1.24. The van der Waals surface area contributed by atoms with E-state index in [1.807, 2.05) is 39.1 Å². The topological polar surface area (TPSA) is 91.8 Å². The number of nitrogens with zero attached hydrogens (tertiary/aromatic N) is 6. The third-order valence-corrected chi connectivity index (χ3v) is 9.72. The van der Waals surface area contributed by atoms with E-state index in [-0.39, 0.29) is 24.3 Å². The monoisotopic (exact) mass is 616 g/mol. The Morgan fingerprint density at radius 1 is 1.12 bits per heavy atom. The van der Waals surface area contributed by atoms with Crippen LogP contribution in [0, 0.1) is 0 Å². The Kier molecular flexibility index (Phi) is 8.98. The molecular weight excluding hydrogens is 580 g/mol. The van der Waals surface area contributed by atoms with E-state index in [9.17, 15) is 9.59 Å². The number of rotatable bonds is 7. The van der Waals surface area contributed by atoms with Crippen LogP contribution in [0.2, 0.25) is 5.02 Å². The van der Waals surface area contributed by atoms with Gasteiger partial charge in [0, 0.05) is 48.5 Å². The second kappa shape index (κ2) is 12.3. The van der Waals surface area contributed by atoms with Crippen LogP contribution in [0.4, 0.5) is 10.6 Å². The summed E-state index contributed by atoms with van der Waals surface area (Å²) < 4.78 is 5.54. The summed E-state index contributed by atoms with van der Waals surface area (Å²) in [5.74, 6) is 0.572. The average molecular weight is 617 g/mol. The summed E-state index contributed by atoms with van der Waals surface area (Å²) in [7, 11) is 0. The van der Waals surface area contributed by atoms with Gasteiger partial charge in [-0.05, 0) is 60.1 Å². The lowest BCUT2D eigenvalue weighted by Crippen LogP contribution is -2.55. The third kappa shape index (κ3) is 7.25. The molecule has 0 aliphatic carbocycles. The van der Waals surface area contributed by atoms with Crippen LogP contribution in [0.25, 0.3) is 10.6 Å². The first-order chi connectivity index (χ1) is 19.5. The molecule has 1 amide bonds. The molecule has 3 aromatic heterocycles. The molecule has 0 aromatic carbocycles. The number of carbonyl (C=O) groups is 2. The third-order valence-electron chi connectivity index (χ3n) is 7.39. The zero-order chi connectivity index (χ0) is 29.3. The lowest BCUT2D eigenvalue weighted by atomic mass is 10.2. The average Bonchev–Trinajstić information content (AvgIpc) is 3.63. The van der Waals surface area contributed by atoms with Crippen LogP contribution in [-0.4, -0.2) is 80.5 Å². The van der Waals surface area contributed by atoms with Gasteiger partial charge in [-0.15, -0.1) is 22.7 Å². The Morgan fingerprint density at radius 2 is 1.93 bits per heavy atom. The molecule has 0 saturated carbocycles. The molecule has 0 spiro atoms. The number of Topliss-reactive ketones (excluding diaryl/α,β-unsaturated/α-hetero) is 1. The van der Waals surface area contributed by atoms with Crippen molar-refractivity contribution >= 4 is 52.0 Å². The van der Waals surface area contributed by atoms with Gasteiger partial charge >= 0.3 is 6.09 Å². The summed E-state index contributed by atoms with van der Waals surface area (Å²) in [6.45, 7) is 13.5. The highest BCUT2D eigenvalue weighted by molar-refractivity contribution is 7.15. The van der Waals surface area contributed by atoms with Gasteiger partial charge in [-0.3, -0.25) is 9.69 Å². The first kappa shape index (κ1) is 29.9. The molecule has 5 rings (SSSR count). The minimum Gasteiger partial charge on any atom is -0.444 e. The van der Waals surface area contributed by atoms with Crippen molar-refractivity contribution < 1.29 is 14.3 Å². The number of piperazine rings is 1. The number of carbonyl (C=O) groups excluding carboxylic acids is 2. The van der Waals surface area contributed by atoms with E-state index >= 15 is 0 Å². The van der Waals surface area contributed by atoms with E-state index in [0.717, 1.165) is 28.7 Å². The van der Waals surface area contributed by atoms with Crippen LogP contribution in [0.5, 0.6) is 0 Å². The van der Waals surface area contributed by atoms with Gasteiger partial charge in [0.2, 0.25) is 0 Å². The molecule has 0 N–H and O–H groups in total. The van der Waals surface area contributed by atoms with Crippen LogP contribution >= 0.6 is 34.3 Å². The zero-order valence-electron chi connectivity index (χ0n) is 24.2. The maximum atomic E-state index is 13.2. The summed E-state index contributed by atoms with van der Waals surface area (Å²) in [5, 5.41) is 3.39. The van der Waals surface area contributed by atoms with Crippen molar-refractivity contribution in [1.82, 2.24) is 24.8 Å². The molecule has 0 bridgehead atoms. The summed E-state index contributed by atoms with van der Waals surface area (Å²) >= 11 is 9.40. The van der Waals surface area contributed by atoms with E-state index in [2.05, 4.69) is 26.7 Å². The molecule has 5 heterocycles. The minimum absolute atomic E-state index is 0.0447. The molecule has 0 radical (unpaired) electrons. The van der Waals surface area contributed by atoms with E-state index in [0.29, 0.717) is 42.2 Å². The van der Waals surface area contributed by atoms with Gasteiger partial charge in [-0.25, -0.2) is 19.7 Å². The molecule has 2 saturated heterocycles. The Bertz CT molecular complexity index is 1390. The molecule has 0 unspecified atom stereocenters. The molecule has 9 nitrogen and oxygen atoms in total. The van der Waals surface area contributed by atoms with Crippen LogP contribution < -0.4 is 4.90 Å². The van der Waals surface area contributed by atoms with Gasteiger partial charge in [0.25, 0.3) is 0 Å². The number of ether oxygens (including phenoxy) is 1. The highest BCUT2D eigenvalue weighted by Gasteiger charge is 2.31. The lowest BCUT2D eigenvalue weighted by Gasteiger charge is -2.40. The second-order valence-corrected chi connectivity index (χ2v) is 14.3. The lowest BCUT2D eigenvalue weighted by molar-refractivity contribution is 0.0158. The van der Waals surface area contributed by atoms with E-state index < -0.39 is 5.60 Å². The van der Waals surface area contributed by atoms with Gasteiger partial charge in [-0.2, -0.15) is 0 Å². The fourth-order valence-corrected chi connectivity index (χ4v) is 7.50. The van der Waals surface area contributed by atoms with E-state index in [1.165, 1.54) is 17.7 Å². The summed E-state index contributed by atoms with van der Waals surface area (Å²) in [6.07, 6.45) is 5.47. The SMILES string of the molecule is C[C@@H]1CCCN1Cc1sc(CC(=O)c2cnc(N3CCN(C(=O)OC(C)(C)C)[C@@H](C)C3)cn2)nc1-c1cc(Cl)cs1. The predicted octanol–water partition coefficient (Wildman–Crippen LogP) is 6.17. The minimum atomic E-state index is -0.534. The molecular formula is C29H37ClN6O3S2. The van der Waals surface area contributed by atoms with Gasteiger partial charge in [0.15, 0.2) is 5.78 Å². The van der Waals surface area contributed by atoms with Crippen LogP contribution in [0.15, 0.2) is 23.8 Å². The first-order valence-electron chi connectivity index (χ1n) is 14.0. The Labute approximate surface area is 254 Å². The molecule has 2 aliphatic heterocycles. The maximum absolute atomic E-state index is 13.2. The number of aromatic nitrogens is 3. The number of hydrogen-bond donors (Lipinski definition) is 0. The van der Waals surface area contributed by atoms with Crippen molar-refractivity contribution in [3.63, 3.8) is 0 Å². The molecule has 220 valence electrons. The normalized spacial score (nSPS) is 20.0. The number of halogens is 1. The molecule has 12 heteroatoms. The van der Waals surface area contributed by atoms with Crippen molar-refractivity contribution in [3.8, 4) is 10.6 Å². The predicted molar refractivity (Wildman–Crippen MR) is 164 cm³/mol. The summed E-state index contributed by atoms with van der Waals surface area (Å²) in [4.78, 5) is 48.2. The van der Waals surface area contributed by atoms with E-state index in [1.54, 1.807) is 40.0 Å². The van der Waals surface area contributed by atoms with Crippen LogP contribution in [0.1, 0.15) is 67.8 Å². The Morgan fingerprint density at radius 3 is 2.54 bits per heavy atom. The molecule has 2 aliphatic rings. The fourth-order valence-electron chi connectivity index (χ4n) is 5.24. The van der Waals surface area contributed by atoms with Gasteiger partial charge in [-0.1, -0.05) is 11.6 Å². The quantitative estimate of drug-likeness (QED) is 0.291. The van der Waals surface area contributed by atoms with Crippen molar-refractivity contribution in [1.29, 1.82) is 0 Å². The Hall–Kier alpha value is -2.60. The van der Waals surface area contributed by atoms with Gasteiger partial charge in [0.05, 0.1) is 34.4 Å². The summed E-state index contributed by atoms with van der Waals surface area (Å²) in [5.41, 5.74) is 0.711. The number of thiazole rings is 1. The highest BCUT2D eigenvalue weighted by atomic mass is 35.5. The number of thiophene rings is 1. The molecule has 2 atom stereocenters. The second-order valence-electron chi connectivity index (χ2n) is 11.8. The fraction of sp³-hybridized carbons (Fsp3) is 0.552. The van der Waals surface area contributed by atoms with Crippen molar-refractivity contribution in [3.05, 3.63) is 44.4 Å². The molecule has 3 aromatic rings. The van der Waals surface area contributed by atoms with Crippen LogP contribution in [0.3, 0.4) is 0 Å². The molecule has 41 heavy (non-hydrogen) atoms. The number of amides is 1. The van der Waals surface area contributed by atoms with Crippen LogP contribution in [-0.2, 0) is 17.7 Å². The number of likely N-dealkylation sites (tertiary alicyclic amines) is 1. The zero-order valence-corrected chi connectivity index (χ0v) is 26.6. The van der Waals surface area contributed by atoms with E-state index in [4.69, 9.17) is 21.3 Å². The smallest absolute Gasteiger partial charge is 0.410 e. The first-order valence-corrected chi connectivity index (χ1v) is 16.1.